The molecule has 0 atom stereocenters. The monoisotopic (exact) mass is 273 g/mol. The van der Waals surface area contributed by atoms with Crippen LogP contribution in [0.25, 0.3) is 0 Å². The molecule has 0 unspecified atom stereocenters. The summed E-state index contributed by atoms with van der Waals surface area (Å²) in [6.07, 6.45) is 0. The van der Waals surface area contributed by atoms with Crippen molar-refractivity contribution in [3.05, 3.63) is 65.0 Å². The van der Waals surface area contributed by atoms with Gasteiger partial charge in [0, 0.05) is 12.1 Å². The van der Waals surface area contributed by atoms with Crippen molar-refractivity contribution in [2.24, 2.45) is 0 Å². The predicted molar refractivity (Wildman–Crippen MR) is 79.3 cm³/mol. The van der Waals surface area contributed by atoms with Crippen molar-refractivity contribution in [3.8, 4) is 5.75 Å². The second-order valence-electron chi connectivity index (χ2n) is 4.72. The molecule has 0 fully saturated rings. The molecular formula is C17H20FNO. The Morgan fingerprint density at radius 2 is 1.80 bits per heavy atom. The first-order valence-electron chi connectivity index (χ1n) is 6.87. The van der Waals surface area contributed by atoms with Gasteiger partial charge in [0.15, 0.2) is 11.6 Å². The fourth-order valence-electron chi connectivity index (χ4n) is 2.04. The highest BCUT2D eigenvalue weighted by atomic mass is 19.1. The lowest BCUT2D eigenvalue weighted by Crippen LogP contribution is -2.13. The number of hydrogen-bond donors (Lipinski definition) is 1. The smallest absolute Gasteiger partial charge is 0.165 e. The fraction of sp³-hybridized carbons (Fsp3) is 0.294. The molecule has 2 aromatic rings. The number of nitrogens with one attached hydrogen (secondary N) is 1. The lowest BCUT2D eigenvalue weighted by atomic mass is 10.1. The first-order valence-corrected chi connectivity index (χ1v) is 6.87. The number of rotatable bonds is 6. The van der Waals surface area contributed by atoms with Crippen molar-refractivity contribution < 1.29 is 9.13 Å². The molecule has 3 heteroatoms. The van der Waals surface area contributed by atoms with Crippen molar-refractivity contribution in [1.82, 2.24) is 5.32 Å². The van der Waals surface area contributed by atoms with Crippen LogP contribution in [0, 0.1) is 12.7 Å². The Morgan fingerprint density at radius 1 is 1.05 bits per heavy atom. The van der Waals surface area contributed by atoms with E-state index in [-0.39, 0.29) is 5.82 Å². The first kappa shape index (κ1) is 14.5. The standard InChI is InChI=1S/C17H20FNO/c1-3-19-11-14-9-6-10-16(18)17(14)20-12-15-8-5-4-7-13(15)2/h4-10,19H,3,11-12H2,1-2H3. The van der Waals surface area contributed by atoms with Crippen LogP contribution >= 0.6 is 0 Å². The van der Waals surface area contributed by atoms with E-state index in [1.165, 1.54) is 6.07 Å². The van der Waals surface area contributed by atoms with Crippen molar-refractivity contribution in [2.45, 2.75) is 27.0 Å². The predicted octanol–water partition coefficient (Wildman–Crippen LogP) is 3.82. The second-order valence-corrected chi connectivity index (χ2v) is 4.72. The molecule has 0 radical (unpaired) electrons. The van der Waals surface area contributed by atoms with E-state index in [1.807, 2.05) is 44.2 Å². The fourth-order valence-corrected chi connectivity index (χ4v) is 2.04. The SMILES string of the molecule is CCNCc1cccc(F)c1OCc1ccccc1C. The zero-order valence-electron chi connectivity index (χ0n) is 11.9. The van der Waals surface area contributed by atoms with Crippen LogP contribution in [0.15, 0.2) is 42.5 Å². The van der Waals surface area contributed by atoms with Crippen molar-refractivity contribution in [1.29, 1.82) is 0 Å². The van der Waals surface area contributed by atoms with E-state index < -0.39 is 0 Å². The average molecular weight is 273 g/mol. The molecule has 2 rings (SSSR count). The van der Waals surface area contributed by atoms with Gasteiger partial charge in [-0.05, 0) is 30.7 Å². The molecule has 0 amide bonds. The van der Waals surface area contributed by atoms with Crippen LogP contribution in [0.1, 0.15) is 23.6 Å². The molecule has 0 saturated heterocycles. The Hall–Kier alpha value is -1.87. The molecule has 0 aliphatic heterocycles. The van der Waals surface area contributed by atoms with Gasteiger partial charge in [0.2, 0.25) is 0 Å². The minimum atomic E-state index is -0.311. The molecular weight excluding hydrogens is 253 g/mol. The van der Waals surface area contributed by atoms with Crippen molar-refractivity contribution >= 4 is 0 Å². The maximum absolute atomic E-state index is 13.9. The van der Waals surface area contributed by atoms with Gasteiger partial charge in [0.25, 0.3) is 0 Å². The van der Waals surface area contributed by atoms with Gasteiger partial charge in [-0.1, -0.05) is 43.3 Å². The van der Waals surface area contributed by atoms with Gasteiger partial charge in [0.05, 0.1) is 0 Å². The van der Waals surface area contributed by atoms with E-state index in [0.717, 1.165) is 23.2 Å². The van der Waals surface area contributed by atoms with Gasteiger partial charge in [0.1, 0.15) is 6.61 Å². The molecule has 0 saturated carbocycles. The maximum atomic E-state index is 13.9. The highest BCUT2D eigenvalue weighted by Crippen LogP contribution is 2.24. The minimum Gasteiger partial charge on any atom is -0.485 e. The van der Waals surface area contributed by atoms with E-state index >= 15 is 0 Å². The van der Waals surface area contributed by atoms with E-state index in [1.54, 1.807) is 6.07 Å². The second kappa shape index (κ2) is 7.06. The maximum Gasteiger partial charge on any atom is 0.165 e. The van der Waals surface area contributed by atoms with Gasteiger partial charge < -0.3 is 10.1 Å². The van der Waals surface area contributed by atoms with Gasteiger partial charge >= 0.3 is 0 Å². The third-order valence-corrected chi connectivity index (χ3v) is 3.25. The number of hydrogen-bond acceptors (Lipinski definition) is 2. The molecule has 20 heavy (non-hydrogen) atoms. The van der Waals surface area contributed by atoms with E-state index in [9.17, 15) is 4.39 Å². The number of benzene rings is 2. The van der Waals surface area contributed by atoms with Crippen LogP contribution in [0.2, 0.25) is 0 Å². The quantitative estimate of drug-likeness (QED) is 0.864. The summed E-state index contributed by atoms with van der Waals surface area (Å²) in [6.45, 7) is 5.88. The third-order valence-electron chi connectivity index (χ3n) is 3.25. The van der Waals surface area contributed by atoms with Gasteiger partial charge in [-0.3, -0.25) is 0 Å². The van der Waals surface area contributed by atoms with Crippen LogP contribution < -0.4 is 10.1 Å². The zero-order valence-corrected chi connectivity index (χ0v) is 11.9. The van der Waals surface area contributed by atoms with Gasteiger partial charge in [-0.25, -0.2) is 4.39 Å². The molecule has 106 valence electrons. The summed E-state index contributed by atoms with van der Waals surface area (Å²) >= 11 is 0. The summed E-state index contributed by atoms with van der Waals surface area (Å²) < 4.78 is 19.6. The number of halogens is 1. The molecule has 0 aliphatic rings. The van der Waals surface area contributed by atoms with Crippen LogP contribution in [-0.4, -0.2) is 6.54 Å². The molecule has 0 heterocycles. The highest BCUT2D eigenvalue weighted by Gasteiger charge is 2.10. The third kappa shape index (κ3) is 3.58. The number of ether oxygens (including phenoxy) is 1. The summed E-state index contributed by atoms with van der Waals surface area (Å²) in [5.74, 6) is 0.0330. The Morgan fingerprint density at radius 3 is 2.55 bits per heavy atom. The first-order chi connectivity index (χ1) is 9.72. The summed E-state index contributed by atoms with van der Waals surface area (Å²) in [5, 5.41) is 3.20. The summed E-state index contributed by atoms with van der Waals surface area (Å²) in [5.41, 5.74) is 3.07. The average Bonchev–Trinajstić information content (AvgIpc) is 2.45. The summed E-state index contributed by atoms with van der Waals surface area (Å²) in [6, 6.07) is 13.0. The van der Waals surface area contributed by atoms with E-state index in [2.05, 4.69) is 5.32 Å². The van der Waals surface area contributed by atoms with Crippen molar-refractivity contribution in [3.63, 3.8) is 0 Å². The number of aryl methyl sites for hydroxylation is 1. The Kier molecular flexibility index (Phi) is 5.13. The summed E-state index contributed by atoms with van der Waals surface area (Å²) in [4.78, 5) is 0. The van der Waals surface area contributed by atoms with Crippen LogP contribution in [0.5, 0.6) is 5.75 Å². The Bertz CT molecular complexity index is 569. The lowest BCUT2D eigenvalue weighted by molar-refractivity contribution is 0.285. The molecule has 2 aromatic carbocycles. The van der Waals surface area contributed by atoms with Gasteiger partial charge in [-0.2, -0.15) is 0 Å². The zero-order chi connectivity index (χ0) is 14.4. The van der Waals surface area contributed by atoms with Crippen LogP contribution in [0.4, 0.5) is 4.39 Å². The molecule has 0 spiro atoms. The Labute approximate surface area is 119 Å². The van der Waals surface area contributed by atoms with E-state index in [4.69, 9.17) is 4.74 Å². The molecule has 2 nitrogen and oxygen atoms in total. The molecule has 0 aliphatic carbocycles. The molecule has 0 aromatic heterocycles. The minimum absolute atomic E-state index is 0.311. The van der Waals surface area contributed by atoms with Crippen molar-refractivity contribution in [2.75, 3.05) is 6.54 Å². The van der Waals surface area contributed by atoms with Crippen LogP contribution in [-0.2, 0) is 13.2 Å². The van der Waals surface area contributed by atoms with Crippen LogP contribution in [0.3, 0.4) is 0 Å². The molecule has 0 bridgehead atoms. The molecule has 1 N–H and O–H groups in total. The van der Waals surface area contributed by atoms with E-state index in [0.29, 0.717) is 18.9 Å². The normalized spacial score (nSPS) is 10.6. The Balaban J connectivity index is 2.14. The lowest BCUT2D eigenvalue weighted by Gasteiger charge is -2.13. The summed E-state index contributed by atoms with van der Waals surface area (Å²) in [7, 11) is 0. The number of para-hydroxylation sites is 1. The highest BCUT2D eigenvalue weighted by molar-refractivity contribution is 5.35. The van der Waals surface area contributed by atoms with Gasteiger partial charge in [-0.15, -0.1) is 0 Å². The largest absolute Gasteiger partial charge is 0.485 e. The topological polar surface area (TPSA) is 21.3 Å².